The first-order chi connectivity index (χ1) is 7.57. The van der Waals surface area contributed by atoms with Crippen molar-refractivity contribution in [3.05, 3.63) is 35.4 Å². The van der Waals surface area contributed by atoms with Gasteiger partial charge in [0.2, 0.25) is 0 Å². The minimum atomic E-state index is -0.883. The van der Waals surface area contributed by atoms with Gasteiger partial charge in [-0.1, -0.05) is 24.3 Å². The number of hydrogen-bond donors (Lipinski definition) is 3. The van der Waals surface area contributed by atoms with E-state index in [0.717, 1.165) is 11.1 Å². The predicted octanol–water partition coefficient (Wildman–Crippen LogP) is 0.623. The van der Waals surface area contributed by atoms with Gasteiger partial charge in [-0.05, 0) is 30.4 Å². The molecule has 4 nitrogen and oxygen atoms in total. The molecule has 0 bridgehead atoms. The molecule has 1 aromatic carbocycles. The molecule has 0 fully saturated rings. The van der Waals surface area contributed by atoms with Gasteiger partial charge in [0.15, 0.2) is 0 Å². The lowest BCUT2D eigenvalue weighted by Crippen LogP contribution is -2.61. The Kier molecular flexibility index (Phi) is 4.73. The summed E-state index contributed by atoms with van der Waals surface area (Å²) in [7, 11) is 1.74. The number of nitrogens with two attached hydrogens (primary N) is 2. The molecule has 0 spiro atoms. The van der Waals surface area contributed by atoms with Gasteiger partial charge in [-0.2, -0.15) is 0 Å². The normalized spacial score (nSPS) is 10.9. The molecule has 0 atom stereocenters. The number of rotatable bonds is 5. The summed E-state index contributed by atoms with van der Waals surface area (Å²) in [6.45, 7) is 0.541. The second-order valence-corrected chi connectivity index (χ2v) is 3.88. The van der Waals surface area contributed by atoms with Crippen LogP contribution in [0.3, 0.4) is 0 Å². The Bertz CT molecular complexity index is 397. The van der Waals surface area contributed by atoms with E-state index in [4.69, 9.17) is 11.5 Å². The Morgan fingerprint density at radius 2 is 2.12 bits per heavy atom. The maximum Gasteiger partial charge on any atom is 0.122 e. The van der Waals surface area contributed by atoms with Gasteiger partial charge in [0.25, 0.3) is 0 Å². The fourth-order valence-electron chi connectivity index (χ4n) is 1.39. The van der Waals surface area contributed by atoms with Crippen molar-refractivity contribution in [3.63, 3.8) is 0 Å². The summed E-state index contributed by atoms with van der Waals surface area (Å²) < 4.78 is 0. The zero-order chi connectivity index (χ0) is 12.0. The molecule has 5 heteroatoms. The molecule has 0 unspecified atom stereocenters. The van der Waals surface area contributed by atoms with Crippen molar-refractivity contribution in [1.29, 1.82) is 0 Å². The quantitative estimate of drug-likeness (QED) is 0.398. The molecule has 0 aromatic heterocycles. The van der Waals surface area contributed by atoms with Crippen LogP contribution in [0.5, 0.6) is 0 Å². The van der Waals surface area contributed by atoms with Crippen molar-refractivity contribution >= 4 is 17.4 Å². The molecule has 0 aliphatic carbocycles. The van der Waals surface area contributed by atoms with Crippen molar-refractivity contribution < 1.29 is 0 Å². The molecular weight excluding hydrogens is 220 g/mol. The maximum atomic E-state index is 5.81. The van der Waals surface area contributed by atoms with E-state index in [1.807, 2.05) is 24.3 Å². The highest BCUT2D eigenvalue weighted by atomic mass is 32.1. The summed E-state index contributed by atoms with van der Waals surface area (Å²) in [5.74, 6) is -0.883. The summed E-state index contributed by atoms with van der Waals surface area (Å²) >= 11 is 4.52. The number of thiocarbonyl (C=S) groups is 1. The van der Waals surface area contributed by atoms with Crippen molar-refractivity contribution in [2.75, 3.05) is 7.05 Å². The van der Waals surface area contributed by atoms with E-state index in [0.29, 0.717) is 13.0 Å². The van der Waals surface area contributed by atoms with Gasteiger partial charge in [0.1, 0.15) is 5.79 Å². The highest BCUT2D eigenvalue weighted by molar-refractivity contribution is 7.78. The van der Waals surface area contributed by atoms with Crippen LogP contribution in [0.2, 0.25) is 0 Å². The SMILES string of the molecule is CNC(N)(N)Cc1cccc(CN=C=S)c1. The highest BCUT2D eigenvalue weighted by Gasteiger charge is 2.16. The minimum absolute atomic E-state index is 0.541. The van der Waals surface area contributed by atoms with Crippen molar-refractivity contribution in [1.82, 2.24) is 5.32 Å². The van der Waals surface area contributed by atoms with E-state index < -0.39 is 5.79 Å². The van der Waals surface area contributed by atoms with E-state index in [1.54, 1.807) is 7.05 Å². The molecular formula is C11H16N4S. The minimum Gasteiger partial charge on any atom is -0.301 e. The Labute approximate surface area is 101 Å². The number of hydrogen-bond acceptors (Lipinski definition) is 5. The average Bonchev–Trinajstić information content (AvgIpc) is 2.26. The molecule has 0 aliphatic heterocycles. The van der Waals surface area contributed by atoms with Crippen LogP contribution in [0.1, 0.15) is 11.1 Å². The van der Waals surface area contributed by atoms with E-state index in [1.165, 1.54) is 0 Å². The Hall–Kier alpha value is -1.10. The molecule has 0 heterocycles. The number of nitrogens with one attached hydrogen (secondary N) is 1. The standard InChI is InChI=1S/C11H16N4S/c1-14-11(12,13)6-9-3-2-4-10(5-9)7-15-8-16/h2-5,14H,6-7,12-13H2,1H3. The third-order valence-corrected chi connectivity index (χ3v) is 2.41. The fraction of sp³-hybridized carbons (Fsp3) is 0.364. The van der Waals surface area contributed by atoms with Gasteiger partial charge in [-0.15, -0.1) is 0 Å². The van der Waals surface area contributed by atoms with Crippen molar-refractivity contribution in [2.24, 2.45) is 16.5 Å². The molecule has 86 valence electrons. The monoisotopic (exact) mass is 236 g/mol. The zero-order valence-electron chi connectivity index (χ0n) is 9.23. The van der Waals surface area contributed by atoms with Crippen molar-refractivity contribution in [3.8, 4) is 0 Å². The molecule has 0 amide bonds. The average molecular weight is 236 g/mol. The summed E-state index contributed by atoms with van der Waals surface area (Å²) in [6, 6.07) is 7.93. The molecule has 0 radical (unpaired) electrons. The lowest BCUT2D eigenvalue weighted by Gasteiger charge is -2.23. The zero-order valence-corrected chi connectivity index (χ0v) is 10.1. The molecule has 0 aliphatic rings. The largest absolute Gasteiger partial charge is 0.301 e. The number of likely N-dealkylation sites (N-methyl/N-ethyl adjacent to an activating group) is 1. The first-order valence-corrected chi connectivity index (χ1v) is 5.36. The first kappa shape index (κ1) is 13.0. The van der Waals surface area contributed by atoms with E-state index >= 15 is 0 Å². The number of isothiocyanates is 1. The number of nitrogens with zero attached hydrogens (tertiary/aromatic N) is 1. The van der Waals surface area contributed by atoms with Crippen LogP contribution in [0.4, 0.5) is 0 Å². The second-order valence-electron chi connectivity index (χ2n) is 3.69. The Morgan fingerprint density at radius 1 is 1.44 bits per heavy atom. The first-order valence-electron chi connectivity index (χ1n) is 4.95. The fourth-order valence-corrected chi connectivity index (χ4v) is 1.45. The van der Waals surface area contributed by atoms with Gasteiger partial charge >= 0.3 is 0 Å². The molecule has 1 aromatic rings. The van der Waals surface area contributed by atoms with Gasteiger partial charge in [0.05, 0.1) is 11.7 Å². The van der Waals surface area contributed by atoms with Gasteiger partial charge in [0, 0.05) is 6.42 Å². The third-order valence-electron chi connectivity index (χ3n) is 2.28. The van der Waals surface area contributed by atoms with Crippen LogP contribution in [0, 0.1) is 0 Å². The molecule has 1 rings (SSSR count). The van der Waals surface area contributed by atoms with Gasteiger partial charge < -0.3 is 11.5 Å². The molecule has 0 saturated carbocycles. The predicted molar refractivity (Wildman–Crippen MR) is 69.0 cm³/mol. The number of benzene rings is 1. The maximum absolute atomic E-state index is 5.81. The topological polar surface area (TPSA) is 76.4 Å². The van der Waals surface area contributed by atoms with E-state index in [-0.39, 0.29) is 0 Å². The van der Waals surface area contributed by atoms with E-state index in [2.05, 4.69) is 27.7 Å². The summed E-state index contributed by atoms with van der Waals surface area (Å²) in [6.07, 6.45) is 0.554. The smallest absolute Gasteiger partial charge is 0.122 e. The van der Waals surface area contributed by atoms with Crippen LogP contribution >= 0.6 is 12.2 Å². The van der Waals surface area contributed by atoms with E-state index in [9.17, 15) is 0 Å². The van der Waals surface area contributed by atoms with Crippen LogP contribution in [-0.4, -0.2) is 18.0 Å². The molecule has 16 heavy (non-hydrogen) atoms. The lowest BCUT2D eigenvalue weighted by atomic mass is 10.0. The summed E-state index contributed by atoms with van der Waals surface area (Å²) in [5, 5.41) is 5.20. The van der Waals surface area contributed by atoms with Crippen LogP contribution < -0.4 is 16.8 Å². The molecule has 0 saturated heterocycles. The highest BCUT2D eigenvalue weighted by Crippen LogP contribution is 2.09. The van der Waals surface area contributed by atoms with Crippen LogP contribution in [0.25, 0.3) is 0 Å². The Morgan fingerprint density at radius 3 is 2.75 bits per heavy atom. The summed E-state index contributed by atoms with van der Waals surface area (Å²) in [5.41, 5.74) is 13.8. The third kappa shape index (κ3) is 4.18. The number of aliphatic imine (C=N–C) groups is 1. The van der Waals surface area contributed by atoms with Gasteiger partial charge in [-0.25, -0.2) is 4.99 Å². The summed E-state index contributed by atoms with van der Waals surface area (Å²) in [4.78, 5) is 3.89. The van der Waals surface area contributed by atoms with Crippen LogP contribution in [0.15, 0.2) is 29.3 Å². The van der Waals surface area contributed by atoms with Gasteiger partial charge in [-0.3, -0.25) is 5.32 Å². The van der Waals surface area contributed by atoms with Crippen LogP contribution in [-0.2, 0) is 13.0 Å². The Balaban J connectivity index is 2.78. The lowest BCUT2D eigenvalue weighted by molar-refractivity contribution is 0.374. The van der Waals surface area contributed by atoms with Crippen molar-refractivity contribution in [2.45, 2.75) is 18.8 Å². The molecule has 5 N–H and O–H groups in total. The second kappa shape index (κ2) is 5.84.